The normalized spacial score (nSPS) is 18.4. The van der Waals surface area contributed by atoms with Crippen LogP contribution in [0, 0.1) is 5.82 Å². The van der Waals surface area contributed by atoms with Crippen LogP contribution < -0.4 is 4.74 Å². The third-order valence-corrected chi connectivity index (χ3v) is 2.32. The van der Waals surface area contributed by atoms with E-state index in [1.165, 1.54) is 0 Å². The van der Waals surface area contributed by atoms with E-state index in [2.05, 4.69) is 14.2 Å². The molecule has 1 aromatic carbocycles. The number of rotatable bonds is 2. The zero-order chi connectivity index (χ0) is 14.9. The Morgan fingerprint density at radius 1 is 1.35 bits per heavy atom. The van der Waals surface area contributed by atoms with Crippen molar-refractivity contribution in [3.05, 3.63) is 29.6 Å². The SMILES string of the molecule is O=C1OCC(C(=O)Oc2ccc(F)c(C(F)(F)F)c2)O1. The summed E-state index contributed by atoms with van der Waals surface area (Å²) in [7, 11) is 0. The summed E-state index contributed by atoms with van der Waals surface area (Å²) in [4.78, 5) is 22.0. The van der Waals surface area contributed by atoms with Gasteiger partial charge in [0, 0.05) is 0 Å². The van der Waals surface area contributed by atoms with Gasteiger partial charge in [-0.15, -0.1) is 0 Å². The lowest BCUT2D eigenvalue weighted by Gasteiger charge is -2.11. The van der Waals surface area contributed by atoms with Crippen molar-refractivity contribution >= 4 is 12.1 Å². The molecule has 0 bridgehead atoms. The Morgan fingerprint density at radius 3 is 2.60 bits per heavy atom. The number of carbonyl (C=O) groups excluding carboxylic acids is 2. The monoisotopic (exact) mass is 294 g/mol. The zero-order valence-electron chi connectivity index (χ0n) is 9.57. The van der Waals surface area contributed by atoms with Crippen molar-refractivity contribution in [1.29, 1.82) is 0 Å². The van der Waals surface area contributed by atoms with Crippen molar-refractivity contribution < 1.29 is 41.4 Å². The van der Waals surface area contributed by atoms with Gasteiger partial charge in [0.25, 0.3) is 0 Å². The van der Waals surface area contributed by atoms with Crippen LogP contribution in [0.2, 0.25) is 0 Å². The van der Waals surface area contributed by atoms with Crippen molar-refractivity contribution in [1.82, 2.24) is 0 Å². The van der Waals surface area contributed by atoms with Gasteiger partial charge in [-0.25, -0.2) is 14.0 Å². The van der Waals surface area contributed by atoms with Crippen LogP contribution in [0.3, 0.4) is 0 Å². The maximum atomic E-state index is 13.0. The molecule has 2 rings (SSSR count). The van der Waals surface area contributed by atoms with E-state index in [1.807, 2.05) is 0 Å². The second-order valence-corrected chi connectivity index (χ2v) is 3.73. The van der Waals surface area contributed by atoms with E-state index in [9.17, 15) is 27.2 Å². The Labute approximate surface area is 109 Å². The van der Waals surface area contributed by atoms with E-state index in [4.69, 9.17) is 0 Å². The van der Waals surface area contributed by atoms with E-state index >= 15 is 0 Å². The lowest BCUT2D eigenvalue weighted by Crippen LogP contribution is -2.28. The lowest BCUT2D eigenvalue weighted by molar-refractivity contribution is -0.143. The van der Waals surface area contributed by atoms with E-state index in [0.717, 1.165) is 6.07 Å². The summed E-state index contributed by atoms with van der Waals surface area (Å²) in [5, 5.41) is 0. The first-order valence-electron chi connectivity index (χ1n) is 5.19. The Morgan fingerprint density at radius 2 is 2.05 bits per heavy atom. The number of hydrogen-bond acceptors (Lipinski definition) is 5. The molecule has 0 radical (unpaired) electrons. The van der Waals surface area contributed by atoms with Crippen LogP contribution in [0.5, 0.6) is 5.75 Å². The molecule has 0 aliphatic carbocycles. The highest BCUT2D eigenvalue weighted by Crippen LogP contribution is 2.33. The quantitative estimate of drug-likeness (QED) is 0.476. The number of carbonyl (C=O) groups is 2. The zero-order valence-corrected chi connectivity index (χ0v) is 9.57. The molecule has 20 heavy (non-hydrogen) atoms. The molecular formula is C11H6F4O5. The number of cyclic esters (lactones) is 2. The van der Waals surface area contributed by atoms with Crippen molar-refractivity contribution in [2.45, 2.75) is 12.3 Å². The largest absolute Gasteiger partial charge is 0.509 e. The Hall–Kier alpha value is -2.32. The molecule has 0 saturated carbocycles. The third-order valence-electron chi connectivity index (χ3n) is 2.32. The van der Waals surface area contributed by atoms with Crippen molar-refractivity contribution in [2.75, 3.05) is 6.61 Å². The fourth-order valence-corrected chi connectivity index (χ4v) is 1.41. The minimum Gasteiger partial charge on any atom is -0.430 e. The van der Waals surface area contributed by atoms with E-state index in [0.29, 0.717) is 12.1 Å². The highest BCUT2D eigenvalue weighted by atomic mass is 19.4. The molecule has 1 heterocycles. The van der Waals surface area contributed by atoms with Gasteiger partial charge in [-0.3, -0.25) is 0 Å². The summed E-state index contributed by atoms with van der Waals surface area (Å²) in [6.07, 6.45) is -7.36. The van der Waals surface area contributed by atoms with Crippen molar-refractivity contribution in [3.63, 3.8) is 0 Å². The highest BCUT2D eigenvalue weighted by molar-refractivity contribution is 5.81. The van der Waals surface area contributed by atoms with Crippen molar-refractivity contribution in [2.24, 2.45) is 0 Å². The minimum absolute atomic E-state index is 0.338. The Balaban J connectivity index is 2.14. The molecule has 0 amide bonds. The second kappa shape index (κ2) is 4.99. The smallest absolute Gasteiger partial charge is 0.430 e. The molecule has 1 aliphatic rings. The van der Waals surface area contributed by atoms with Gasteiger partial charge in [-0.2, -0.15) is 13.2 Å². The van der Waals surface area contributed by atoms with Crippen LogP contribution in [0.4, 0.5) is 22.4 Å². The van der Waals surface area contributed by atoms with Gasteiger partial charge < -0.3 is 14.2 Å². The summed E-state index contributed by atoms with van der Waals surface area (Å²) in [5.41, 5.74) is -1.57. The van der Waals surface area contributed by atoms with Gasteiger partial charge in [0.2, 0.25) is 6.10 Å². The van der Waals surface area contributed by atoms with Gasteiger partial charge >= 0.3 is 18.3 Å². The summed E-state index contributed by atoms with van der Waals surface area (Å²) in [6.45, 7) is -0.398. The van der Waals surface area contributed by atoms with Crippen LogP contribution in [-0.2, 0) is 20.4 Å². The topological polar surface area (TPSA) is 61.8 Å². The molecule has 5 nitrogen and oxygen atoms in total. The average Bonchev–Trinajstić information content (AvgIpc) is 2.77. The standard InChI is InChI=1S/C11H6F4O5/c12-7-2-1-5(3-6(7)11(13,14)15)19-9(16)8-4-18-10(17)20-8/h1-3,8H,4H2. The number of esters is 1. The maximum Gasteiger partial charge on any atom is 0.509 e. The summed E-state index contributed by atoms with van der Waals surface area (Å²) in [5.74, 6) is -3.13. The van der Waals surface area contributed by atoms with Gasteiger partial charge in [-0.1, -0.05) is 0 Å². The first kappa shape index (κ1) is 14.1. The number of alkyl halides is 3. The number of hydrogen-bond donors (Lipinski definition) is 0. The van der Waals surface area contributed by atoms with Gasteiger partial charge in [0.15, 0.2) is 0 Å². The van der Waals surface area contributed by atoms with Gasteiger partial charge in [-0.05, 0) is 18.2 Å². The molecule has 1 fully saturated rings. The van der Waals surface area contributed by atoms with Crippen LogP contribution in [-0.4, -0.2) is 24.8 Å². The molecule has 0 aromatic heterocycles. The molecule has 1 saturated heterocycles. The summed E-state index contributed by atoms with van der Waals surface area (Å²) in [6, 6.07) is 1.70. The lowest BCUT2D eigenvalue weighted by atomic mass is 10.2. The number of benzene rings is 1. The fourth-order valence-electron chi connectivity index (χ4n) is 1.41. The van der Waals surface area contributed by atoms with Gasteiger partial charge in [0.1, 0.15) is 18.2 Å². The van der Waals surface area contributed by atoms with Crippen LogP contribution >= 0.6 is 0 Å². The van der Waals surface area contributed by atoms with Gasteiger partial charge in [0.05, 0.1) is 5.56 Å². The fraction of sp³-hybridized carbons (Fsp3) is 0.273. The minimum atomic E-state index is -4.92. The predicted octanol–water partition coefficient (Wildman–Crippen LogP) is 2.29. The highest BCUT2D eigenvalue weighted by Gasteiger charge is 2.36. The van der Waals surface area contributed by atoms with Crippen LogP contribution in [0.25, 0.3) is 0 Å². The molecule has 0 spiro atoms. The third kappa shape index (κ3) is 2.98. The average molecular weight is 294 g/mol. The Kier molecular flexibility index (Phi) is 3.51. The van der Waals surface area contributed by atoms with Crippen molar-refractivity contribution in [3.8, 4) is 5.75 Å². The van der Waals surface area contributed by atoms with Crippen LogP contribution in [0.15, 0.2) is 18.2 Å². The maximum absolute atomic E-state index is 13.0. The Bertz CT molecular complexity index is 554. The molecule has 1 atom stereocenters. The summed E-state index contributed by atoms with van der Waals surface area (Å²) < 4.78 is 63.6. The van der Waals surface area contributed by atoms with E-state index in [-0.39, 0.29) is 0 Å². The molecule has 1 aromatic rings. The predicted molar refractivity (Wildman–Crippen MR) is 53.3 cm³/mol. The molecular weight excluding hydrogens is 288 g/mol. The number of halogens is 4. The molecule has 0 N–H and O–H groups in total. The molecule has 1 aliphatic heterocycles. The molecule has 9 heteroatoms. The van der Waals surface area contributed by atoms with Crippen LogP contribution in [0.1, 0.15) is 5.56 Å². The first-order chi connectivity index (χ1) is 9.27. The number of ether oxygens (including phenoxy) is 3. The first-order valence-corrected chi connectivity index (χ1v) is 5.19. The molecule has 108 valence electrons. The van der Waals surface area contributed by atoms with E-state index in [1.54, 1.807) is 0 Å². The summed E-state index contributed by atoms with van der Waals surface area (Å²) >= 11 is 0. The molecule has 1 unspecified atom stereocenters. The second-order valence-electron chi connectivity index (χ2n) is 3.73. The van der Waals surface area contributed by atoms with E-state index < -0.39 is 48.1 Å².